The number of Topliss-reactive ketones (excluding diaryl/α,β-unsaturated/α-hetero) is 1. The summed E-state index contributed by atoms with van der Waals surface area (Å²) in [6.45, 7) is 4.09. The first kappa shape index (κ1) is 35.6. The van der Waals surface area contributed by atoms with Crippen LogP contribution >= 0.6 is 0 Å². The van der Waals surface area contributed by atoms with Crippen molar-refractivity contribution in [2.45, 2.75) is 70.3 Å². The lowest BCUT2D eigenvalue weighted by molar-refractivity contribution is -0.147. The zero-order chi connectivity index (χ0) is 34.1. The number of benzene rings is 2. The molecule has 0 bridgehead atoms. The van der Waals surface area contributed by atoms with E-state index in [1.54, 1.807) is 17.9 Å². The van der Waals surface area contributed by atoms with Gasteiger partial charge in [0.1, 0.15) is 11.9 Å². The van der Waals surface area contributed by atoms with E-state index in [4.69, 9.17) is 5.26 Å². The molecule has 2 aromatic carbocycles. The average Bonchev–Trinajstić information content (AvgIpc) is 3.08. The molecule has 0 radical (unpaired) electrons. The third kappa shape index (κ3) is 9.19. The number of nitrogens with one attached hydrogen (secondary N) is 2. The SMILES string of the molecule is CCC(=O)N[C@H](Cc1ccc(NC(=O)[C@@H](CC(=O)C(F)(F)c2ccc(C#N)cc2)C2CCCCC2)c(F)c1)C(=O)N1CCN(C)CC1. The van der Waals surface area contributed by atoms with Crippen LogP contribution in [0.5, 0.6) is 0 Å². The van der Waals surface area contributed by atoms with Crippen LogP contribution in [-0.4, -0.2) is 72.6 Å². The Morgan fingerprint density at radius 1 is 1.00 bits per heavy atom. The smallest absolute Gasteiger partial charge is 0.330 e. The Kier molecular flexibility index (Phi) is 12.2. The molecule has 252 valence electrons. The van der Waals surface area contributed by atoms with Crippen LogP contribution in [0.4, 0.5) is 18.9 Å². The molecule has 9 nitrogen and oxygen atoms in total. The van der Waals surface area contributed by atoms with Crippen molar-refractivity contribution in [2.24, 2.45) is 11.8 Å². The first-order chi connectivity index (χ1) is 22.4. The molecule has 12 heteroatoms. The van der Waals surface area contributed by atoms with Crippen molar-refractivity contribution in [1.82, 2.24) is 15.1 Å². The lowest BCUT2D eigenvalue weighted by atomic mass is 9.76. The first-order valence-electron chi connectivity index (χ1n) is 16.2. The van der Waals surface area contributed by atoms with Crippen molar-refractivity contribution in [2.75, 3.05) is 38.5 Å². The second-order valence-corrected chi connectivity index (χ2v) is 12.5. The number of ketones is 1. The number of nitrogens with zero attached hydrogens (tertiary/aromatic N) is 3. The maximum atomic E-state index is 15.4. The molecule has 47 heavy (non-hydrogen) atoms. The molecule has 1 aliphatic heterocycles. The molecule has 1 saturated carbocycles. The summed E-state index contributed by atoms with van der Waals surface area (Å²) < 4.78 is 45.9. The number of amides is 3. The van der Waals surface area contributed by atoms with Crippen LogP contribution in [0.2, 0.25) is 0 Å². The van der Waals surface area contributed by atoms with Gasteiger partial charge in [-0.05, 0) is 55.6 Å². The third-order valence-corrected chi connectivity index (χ3v) is 9.19. The molecule has 2 fully saturated rings. The molecular weight excluding hydrogens is 611 g/mol. The molecule has 1 aliphatic carbocycles. The van der Waals surface area contributed by atoms with E-state index in [1.807, 2.05) is 13.1 Å². The summed E-state index contributed by atoms with van der Waals surface area (Å²) in [6, 6.07) is 9.47. The van der Waals surface area contributed by atoms with E-state index in [0.717, 1.165) is 31.4 Å². The largest absolute Gasteiger partial charge is 0.344 e. The normalized spacial score (nSPS) is 17.3. The summed E-state index contributed by atoms with van der Waals surface area (Å²) in [6.07, 6.45) is 3.18. The molecule has 2 aliphatic rings. The minimum Gasteiger partial charge on any atom is -0.344 e. The number of carbonyl (C=O) groups excluding carboxylic acids is 4. The Hall–Kier alpha value is -4.24. The fourth-order valence-corrected chi connectivity index (χ4v) is 6.24. The summed E-state index contributed by atoms with van der Waals surface area (Å²) in [4.78, 5) is 55.9. The van der Waals surface area contributed by atoms with Crippen molar-refractivity contribution >= 4 is 29.2 Å². The van der Waals surface area contributed by atoms with Crippen LogP contribution < -0.4 is 10.6 Å². The topological polar surface area (TPSA) is 123 Å². The van der Waals surface area contributed by atoms with Gasteiger partial charge in [0.2, 0.25) is 23.5 Å². The Labute approximate surface area is 273 Å². The van der Waals surface area contributed by atoms with E-state index in [2.05, 4.69) is 15.5 Å². The second-order valence-electron chi connectivity index (χ2n) is 12.5. The van der Waals surface area contributed by atoms with E-state index in [1.165, 1.54) is 24.3 Å². The lowest BCUT2D eigenvalue weighted by Crippen LogP contribution is -2.54. The summed E-state index contributed by atoms with van der Waals surface area (Å²) >= 11 is 0. The molecule has 0 aromatic heterocycles. The summed E-state index contributed by atoms with van der Waals surface area (Å²) in [5.74, 6) is -8.79. The quantitative estimate of drug-likeness (QED) is 0.340. The number of nitriles is 1. The van der Waals surface area contributed by atoms with Crippen LogP contribution in [-0.2, 0) is 31.5 Å². The molecular formula is C35H42F3N5O4. The minimum absolute atomic E-state index is 0.0334. The first-order valence-corrected chi connectivity index (χ1v) is 16.2. The number of anilines is 1. The Balaban J connectivity index is 1.49. The van der Waals surface area contributed by atoms with Crippen molar-refractivity contribution in [3.05, 3.63) is 65.0 Å². The van der Waals surface area contributed by atoms with E-state index < -0.39 is 47.4 Å². The van der Waals surface area contributed by atoms with Crippen LogP contribution in [0.3, 0.4) is 0 Å². The number of alkyl halides is 2. The number of hydrogen-bond donors (Lipinski definition) is 2. The maximum Gasteiger partial charge on any atom is 0.330 e. The fraction of sp³-hybridized carbons (Fsp3) is 0.514. The highest BCUT2D eigenvalue weighted by Gasteiger charge is 2.44. The minimum atomic E-state index is -3.88. The number of likely N-dealkylation sites (N-methyl/N-ethyl adjacent to an activating group) is 1. The van der Waals surface area contributed by atoms with Crippen molar-refractivity contribution in [3.8, 4) is 6.07 Å². The van der Waals surface area contributed by atoms with Gasteiger partial charge in [-0.3, -0.25) is 19.2 Å². The monoisotopic (exact) mass is 653 g/mol. The average molecular weight is 654 g/mol. The van der Waals surface area contributed by atoms with Gasteiger partial charge >= 0.3 is 5.92 Å². The van der Waals surface area contributed by atoms with Crippen molar-refractivity contribution in [1.29, 1.82) is 5.26 Å². The number of carbonyl (C=O) groups is 4. The van der Waals surface area contributed by atoms with Crippen molar-refractivity contribution in [3.63, 3.8) is 0 Å². The zero-order valence-electron chi connectivity index (χ0n) is 26.9. The predicted octanol–water partition coefficient (Wildman–Crippen LogP) is 4.79. The number of halogens is 3. The van der Waals surface area contributed by atoms with Gasteiger partial charge in [0.05, 0.1) is 17.3 Å². The van der Waals surface area contributed by atoms with Gasteiger partial charge in [0.25, 0.3) is 0 Å². The molecule has 1 saturated heterocycles. The maximum absolute atomic E-state index is 15.4. The third-order valence-electron chi connectivity index (χ3n) is 9.19. The van der Waals surface area contributed by atoms with Gasteiger partial charge in [0, 0.05) is 56.9 Å². The van der Waals surface area contributed by atoms with Crippen LogP contribution in [0.15, 0.2) is 42.5 Å². The molecule has 2 aromatic rings. The van der Waals surface area contributed by atoms with Gasteiger partial charge in [-0.2, -0.15) is 14.0 Å². The van der Waals surface area contributed by atoms with Crippen LogP contribution in [0, 0.1) is 29.0 Å². The predicted molar refractivity (Wildman–Crippen MR) is 170 cm³/mol. The van der Waals surface area contributed by atoms with Gasteiger partial charge in [0.15, 0.2) is 0 Å². The Bertz CT molecular complexity index is 1480. The van der Waals surface area contributed by atoms with E-state index in [9.17, 15) is 19.2 Å². The number of hydrogen-bond acceptors (Lipinski definition) is 6. The molecule has 0 spiro atoms. The van der Waals surface area contributed by atoms with Gasteiger partial charge < -0.3 is 20.4 Å². The highest BCUT2D eigenvalue weighted by atomic mass is 19.3. The molecule has 2 atom stereocenters. The molecule has 1 heterocycles. The zero-order valence-corrected chi connectivity index (χ0v) is 26.9. The van der Waals surface area contributed by atoms with Crippen LogP contribution in [0.25, 0.3) is 0 Å². The Morgan fingerprint density at radius 2 is 1.66 bits per heavy atom. The molecule has 0 unspecified atom stereocenters. The fourth-order valence-electron chi connectivity index (χ4n) is 6.24. The van der Waals surface area contributed by atoms with Crippen LogP contribution in [0.1, 0.15) is 68.6 Å². The molecule has 4 rings (SSSR count). The number of piperazine rings is 1. The van der Waals surface area contributed by atoms with Gasteiger partial charge in [-0.25, -0.2) is 4.39 Å². The summed E-state index contributed by atoms with van der Waals surface area (Å²) in [7, 11) is 1.96. The van der Waals surface area contributed by atoms with Crippen molar-refractivity contribution < 1.29 is 32.3 Å². The summed E-state index contributed by atoms with van der Waals surface area (Å²) in [5, 5.41) is 14.2. The Morgan fingerprint density at radius 3 is 2.26 bits per heavy atom. The highest BCUT2D eigenvalue weighted by Crippen LogP contribution is 2.37. The van der Waals surface area contributed by atoms with Gasteiger partial charge in [-0.15, -0.1) is 0 Å². The second kappa shape index (κ2) is 16.0. The molecule has 2 N–H and O–H groups in total. The lowest BCUT2D eigenvalue weighted by Gasteiger charge is -2.34. The van der Waals surface area contributed by atoms with E-state index in [0.29, 0.717) is 44.6 Å². The summed E-state index contributed by atoms with van der Waals surface area (Å²) in [5.41, 5.74) is -0.145. The van der Waals surface area contributed by atoms with E-state index in [-0.39, 0.29) is 41.8 Å². The number of rotatable bonds is 12. The van der Waals surface area contributed by atoms with E-state index >= 15 is 13.2 Å². The molecule has 3 amide bonds. The standard InChI is InChI=1S/C35H42F3N5O4/c1-3-32(45)40-30(34(47)43-17-15-42(2)16-18-43)20-24-11-14-29(28(36)19-24)41-33(46)27(25-7-5-4-6-8-25)21-31(44)35(37,38)26-12-9-23(22-39)10-13-26/h9-14,19,25,27,30H,3-8,15-18,20-21H2,1-2H3,(H,40,45)(H,41,46)/t27-,30+/m0/s1. The van der Waals surface area contributed by atoms with Gasteiger partial charge in [-0.1, -0.05) is 44.4 Å². The highest BCUT2D eigenvalue weighted by molar-refractivity contribution is 5.97.